The van der Waals surface area contributed by atoms with E-state index in [0.717, 1.165) is 40.4 Å². The molecule has 1 aliphatic rings. The fraction of sp³-hybridized carbons (Fsp3) is 0.381. The molecule has 1 N–H and O–H groups in total. The van der Waals surface area contributed by atoms with Crippen LogP contribution >= 0.6 is 11.5 Å². The maximum absolute atomic E-state index is 11.9. The Balaban J connectivity index is 1.30. The lowest BCUT2D eigenvalue weighted by Crippen LogP contribution is -2.38. The number of ether oxygens (including phenoxy) is 1. The van der Waals surface area contributed by atoms with Crippen molar-refractivity contribution in [2.24, 2.45) is 7.05 Å². The minimum atomic E-state index is -0.226. The number of hydrogen-bond acceptors (Lipinski definition) is 8. The summed E-state index contributed by atoms with van der Waals surface area (Å²) in [4.78, 5) is 22.7. The second-order valence-corrected chi connectivity index (χ2v) is 8.52. The van der Waals surface area contributed by atoms with Gasteiger partial charge < -0.3 is 15.0 Å². The minimum Gasteiger partial charge on any atom is -0.450 e. The number of rotatable bonds is 5. The average molecular weight is 453 g/mol. The largest absolute Gasteiger partial charge is 0.450 e. The molecule has 32 heavy (non-hydrogen) atoms. The van der Waals surface area contributed by atoms with E-state index in [0.29, 0.717) is 31.4 Å². The van der Waals surface area contributed by atoms with Crippen molar-refractivity contribution in [3.63, 3.8) is 0 Å². The fourth-order valence-electron chi connectivity index (χ4n) is 4.00. The number of nitrogens with one attached hydrogen (secondary N) is 1. The molecule has 0 spiro atoms. The molecule has 0 bridgehead atoms. The lowest BCUT2D eigenvalue weighted by atomic mass is 9.94. The van der Waals surface area contributed by atoms with Crippen LogP contribution in [0.4, 0.5) is 15.6 Å². The number of carbonyl (C=O) groups excluding carboxylic acids is 1. The first-order valence-corrected chi connectivity index (χ1v) is 11.4. The van der Waals surface area contributed by atoms with Crippen molar-refractivity contribution in [2.45, 2.75) is 25.7 Å². The molecule has 1 amide bonds. The number of aromatic nitrogens is 6. The van der Waals surface area contributed by atoms with Crippen molar-refractivity contribution in [3.05, 3.63) is 42.7 Å². The van der Waals surface area contributed by atoms with Crippen LogP contribution in [0.1, 0.15) is 31.4 Å². The molecule has 4 aromatic heterocycles. The van der Waals surface area contributed by atoms with Gasteiger partial charge in [0.15, 0.2) is 11.5 Å². The maximum atomic E-state index is 11.9. The summed E-state index contributed by atoms with van der Waals surface area (Å²) in [5.41, 5.74) is 3.74. The van der Waals surface area contributed by atoms with E-state index in [2.05, 4.69) is 30.8 Å². The van der Waals surface area contributed by atoms with Crippen molar-refractivity contribution < 1.29 is 9.53 Å². The Morgan fingerprint density at radius 1 is 1.28 bits per heavy atom. The van der Waals surface area contributed by atoms with Gasteiger partial charge in [-0.05, 0) is 37.4 Å². The number of imidazole rings is 1. The maximum Gasteiger partial charge on any atom is 0.409 e. The van der Waals surface area contributed by atoms with E-state index in [9.17, 15) is 4.79 Å². The molecule has 1 saturated heterocycles. The number of nitrogens with zero attached hydrogens (tertiary/aromatic N) is 7. The molecular formula is C21H24N8O2S. The van der Waals surface area contributed by atoms with Crippen LogP contribution in [0.2, 0.25) is 0 Å². The van der Waals surface area contributed by atoms with Crippen LogP contribution in [0.3, 0.4) is 0 Å². The average Bonchev–Trinajstić information content (AvgIpc) is 3.54. The molecule has 1 aliphatic heterocycles. The van der Waals surface area contributed by atoms with E-state index in [1.165, 1.54) is 11.5 Å². The van der Waals surface area contributed by atoms with Gasteiger partial charge in [0.25, 0.3) is 0 Å². The van der Waals surface area contributed by atoms with E-state index >= 15 is 0 Å². The third-order valence-electron chi connectivity index (χ3n) is 5.64. The van der Waals surface area contributed by atoms with Gasteiger partial charge in [0.1, 0.15) is 5.00 Å². The fourth-order valence-corrected chi connectivity index (χ4v) is 4.73. The Kier molecular flexibility index (Phi) is 5.48. The van der Waals surface area contributed by atoms with Gasteiger partial charge >= 0.3 is 6.09 Å². The summed E-state index contributed by atoms with van der Waals surface area (Å²) < 4.78 is 13.5. The van der Waals surface area contributed by atoms with Crippen LogP contribution in [-0.4, -0.2) is 59.2 Å². The van der Waals surface area contributed by atoms with Gasteiger partial charge in [-0.1, -0.05) is 0 Å². The molecule has 0 atom stereocenters. The van der Waals surface area contributed by atoms with Crippen LogP contribution in [0, 0.1) is 0 Å². The second-order valence-electron chi connectivity index (χ2n) is 7.72. The number of fused-ring (bicyclic) bond motifs is 1. The summed E-state index contributed by atoms with van der Waals surface area (Å²) in [7, 11) is 1.89. The SMILES string of the molecule is CCOC(=O)N1CCC(c2cc(Nc3nccn4c(-c5cnn(C)c5)cnc34)sn2)CC1. The smallest absolute Gasteiger partial charge is 0.409 e. The van der Waals surface area contributed by atoms with Crippen molar-refractivity contribution in [1.29, 1.82) is 0 Å². The predicted octanol–water partition coefficient (Wildman–Crippen LogP) is 3.67. The third-order valence-corrected chi connectivity index (χ3v) is 6.36. The number of piperidine rings is 1. The highest BCUT2D eigenvalue weighted by molar-refractivity contribution is 7.10. The highest BCUT2D eigenvalue weighted by Gasteiger charge is 2.26. The summed E-state index contributed by atoms with van der Waals surface area (Å²) >= 11 is 1.41. The first-order chi connectivity index (χ1) is 15.6. The van der Waals surface area contributed by atoms with Gasteiger partial charge in [-0.25, -0.2) is 14.8 Å². The standard InChI is InChI=1S/C21H24N8O2S/c1-3-31-21(30)28-7-4-14(5-8-28)16-10-18(32-26-16)25-19-20-23-12-17(29(20)9-6-22-19)15-11-24-27(2)13-15/h6,9-14H,3-5,7-8H2,1-2H3,(H,22,25). The molecule has 4 aromatic rings. The minimum absolute atomic E-state index is 0.226. The molecular weight excluding hydrogens is 428 g/mol. The monoisotopic (exact) mass is 452 g/mol. The summed E-state index contributed by atoms with van der Waals surface area (Å²) in [5.74, 6) is 1.01. The number of aryl methyl sites for hydroxylation is 1. The lowest BCUT2D eigenvalue weighted by molar-refractivity contribution is 0.0969. The predicted molar refractivity (Wildman–Crippen MR) is 121 cm³/mol. The van der Waals surface area contributed by atoms with Crippen LogP contribution in [0.15, 0.2) is 37.1 Å². The van der Waals surface area contributed by atoms with E-state index < -0.39 is 0 Å². The van der Waals surface area contributed by atoms with Crippen LogP contribution in [-0.2, 0) is 11.8 Å². The second kappa shape index (κ2) is 8.58. The topological polar surface area (TPSA) is 102 Å². The molecule has 0 unspecified atom stereocenters. The summed E-state index contributed by atoms with van der Waals surface area (Å²) in [6.07, 6.45) is 10.8. The van der Waals surface area contributed by atoms with Gasteiger partial charge in [0.2, 0.25) is 0 Å². The molecule has 0 aliphatic carbocycles. The van der Waals surface area contributed by atoms with Gasteiger partial charge in [-0.2, -0.15) is 9.47 Å². The Morgan fingerprint density at radius 2 is 2.12 bits per heavy atom. The lowest BCUT2D eigenvalue weighted by Gasteiger charge is -2.30. The number of amides is 1. The molecule has 1 fully saturated rings. The van der Waals surface area contributed by atoms with Gasteiger partial charge in [-0.15, -0.1) is 0 Å². The quantitative estimate of drug-likeness (QED) is 0.493. The molecule has 0 saturated carbocycles. The molecule has 0 radical (unpaired) electrons. The molecule has 166 valence electrons. The van der Waals surface area contributed by atoms with Crippen molar-refractivity contribution in [3.8, 4) is 11.3 Å². The van der Waals surface area contributed by atoms with Crippen molar-refractivity contribution in [2.75, 3.05) is 25.0 Å². The zero-order valence-electron chi connectivity index (χ0n) is 17.9. The first kappa shape index (κ1) is 20.4. The first-order valence-electron chi connectivity index (χ1n) is 10.6. The number of carbonyl (C=O) groups is 1. The molecule has 5 heterocycles. The number of anilines is 2. The Bertz CT molecular complexity index is 1240. The van der Waals surface area contributed by atoms with Crippen LogP contribution in [0.5, 0.6) is 0 Å². The molecule has 0 aromatic carbocycles. The van der Waals surface area contributed by atoms with Crippen LogP contribution < -0.4 is 5.32 Å². The van der Waals surface area contributed by atoms with Crippen LogP contribution in [0.25, 0.3) is 16.9 Å². The molecule has 10 nitrogen and oxygen atoms in total. The normalized spacial score (nSPS) is 14.8. The number of likely N-dealkylation sites (tertiary alicyclic amines) is 1. The van der Waals surface area contributed by atoms with Gasteiger partial charge in [0, 0.05) is 50.2 Å². The highest BCUT2D eigenvalue weighted by Crippen LogP contribution is 2.32. The Hall–Kier alpha value is -3.47. The molecule has 11 heteroatoms. The number of hydrogen-bond donors (Lipinski definition) is 1. The van der Waals surface area contributed by atoms with Gasteiger partial charge in [-0.3, -0.25) is 9.08 Å². The summed E-state index contributed by atoms with van der Waals surface area (Å²) in [6.45, 7) is 3.61. The molecule has 5 rings (SSSR count). The van der Waals surface area contributed by atoms with E-state index in [-0.39, 0.29) is 6.09 Å². The van der Waals surface area contributed by atoms with E-state index in [1.807, 2.05) is 43.2 Å². The van der Waals surface area contributed by atoms with Crippen molar-refractivity contribution >= 4 is 34.1 Å². The van der Waals surface area contributed by atoms with Gasteiger partial charge in [0.05, 0.1) is 30.4 Å². The summed E-state index contributed by atoms with van der Waals surface area (Å²) in [6, 6.07) is 2.07. The van der Waals surface area contributed by atoms with E-state index in [1.54, 1.807) is 15.8 Å². The van der Waals surface area contributed by atoms with E-state index in [4.69, 9.17) is 4.74 Å². The summed E-state index contributed by atoms with van der Waals surface area (Å²) in [5, 5.41) is 8.54. The Labute approximate surface area is 189 Å². The van der Waals surface area contributed by atoms with Crippen molar-refractivity contribution in [1.82, 2.24) is 33.4 Å². The Morgan fingerprint density at radius 3 is 2.88 bits per heavy atom. The third kappa shape index (κ3) is 3.91. The zero-order chi connectivity index (χ0) is 22.1. The zero-order valence-corrected chi connectivity index (χ0v) is 18.7. The highest BCUT2D eigenvalue weighted by atomic mass is 32.1.